The van der Waals surface area contributed by atoms with Gasteiger partial charge < -0.3 is 10.5 Å². The maximum Gasteiger partial charge on any atom is 0.280 e. The van der Waals surface area contributed by atoms with Crippen LogP contribution in [0.5, 0.6) is 0 Å². The quantitative estimate of drug-likeness (QED) is 0.805. The Morgan fingerprint density at radius 2 is 2.41 bits per heavy atom. The van der Waals surface area contributed by atoms with Crippen molar-refractivity contribution in [1.29, 1.82) is 0 Å². The molecule has 2 rings (SSSR count). The van der Waals surface area contributed by atoms with Crippen LogP contribution in [0.15, 0.2) is 11.1 Å². The molecule has 0 saturated heterocycles. The minimum absolute atomic E-state index is 0.0767. The Bertz CT molecular complexity index is 574. The number of rotatable bonds is 4. The van der Waals surface area contributed by atoms with Crippen LogP contribution in [-0.4, -0.2) is 25.6 Å². The van der Waals surface area contributed by atoms with Crippen LogP contribution in [0.2, 0.25) is 0 Å². The van der Waals surface area contributed by atoms with Crippen molar-refractivity contribution in [3.05, 3.63) is 16.7 Å². The van der Waals surface area contributed by atoms with Gasteiger partial charge in [-0.2, -0.15) is 4.98 Å². The predicted molar refractivity (Wildman–Crippen MR) is 63.4 cm³/mol. The van der Waals surface area contributed by atoms with Gasteiger partial charge >= 0.3 is 0 Å². The van der Waals surface area contributed by atoms with E-state index in [2.05, 4.69) is 15.0 Å². The van der Waals surface area contributed by atoms with Gasteiger partial charge in [-0.1, -0.05) is 6.92 Å². The monoisotopic (exact) mass is 237 g/mol. The maximum atomic E-state index is 11.5. The van der Waals surface area contributed by atoms with Crippen molar-refractivity contribution in [1.82, 2.24) is 19.5 Å². The zero-order chi connectivity index (χ0) is 12.4. The molecule has 2 aromatic heterocycles. The molecule has 0 aliphatic rings. The Morgan fingerprint density at radius 3 is 3.12 bits per heavy atom. The van der Waals surface area contributed by atoms with Gasteiger partial charge in [0.25, 0.3) is 5.56 Å². The fourth-order valence-electron chi connectivity index (χ4n) is 1.39. The molecule has 2 heterocycles. The molecule has 1 atom stereocenters. The molecule has 3 N–H and O–H groups in total. The normalized spacial score (nSPS) is 13.1. The number of hydrogen-bond acceptors (Lipinski definition) is 5. The first-order chi connectivity index (χ1) is 8.11. The fraction of sp³-hybridized carbons (Fsp3) is 0.500. The highest BCUT2D eigenvalue weighted by Crippen LogP contribution is 2.07. The van der Waals surface area contributed by atoms with Gasteiger partial charge in [0.15, 0.2) is 11.2 Å². The Balaban J connectivity index is 2.33. The van der Waals surface area contributed by atoms with Gasteiger partial charge in [0.1, 0.15) is 6.73 Å². The summed E-state index contributed by atoms with van der Waals surface area (Å²) >= 11 is 0. The number of fused-ring (bicyclic) bond motifs is 1. The van der Waals surface area contributed by atoms with Crippen LogP contribution in [0.25, 0.3) is 11.2 Å². The standard InChI is InChI=1S/C10H15N5O2/c1-3-6(2)17-5-15-4-12-7-8(15)13-10(11)14-9(7)16/h4,6H,3,5H2,1-2H3,(H3,11,13,14,16)/t6-/m1/s1. The number of nitrogens with two attached hydrogens (primary N) is 1. The smallest absolute Gasteiger partial charge is 0.280 e. The molecule has 7 nitrogen and oxygen atoms in total. The van der Waals surface area contributed by atoms with E-state index < -0.39 is 0 Å². The molecule has 17 heavy (non-hydrogen) atoms. The van der Waals surface area contributed by atoms with Crippen LogP contribution in [0.1, 0.15) is 20.3 Å². The molecule has 0 amide bonds. The topological polar surface area (TPSA) is 98.8 Å². The molecule has 0 saturated carbocycles. The highest BCUT2D eigenvalue weighted by molar-refractivity contribution is 5.70. The lowest BCUT2D eigenvalue weighted by atomic mass is 10.3. The van der Waals surface area contributed by atoms with Crippen LogP contribution in [-0.2, 0) is 11.5 Å². The minimum Gasteiger partial charge on any atom is -0.369 e. The zero-order valence-corrected chi connectivity index (χ0v) is 9.80. The molecule has 0 aromatic carbocycles. The van der Waals surface area contributed by atoms with Crippen LogP contribution in [0.3, 0.4) is 0 Å². The second kappa shape index (κ2) is 4.54. The summed E-state index contributed by atoms with van der Waals surface area (Å²) in [6, 6.07) is 0. The lowest BCUT2D eigenvalue weighted by molar-refractivity contribution is 0.0177. The fourth-order valence-corrected chi connectivity index (χ4v) is 1.39. The molecule has 0 bridgehead atoms. The molecule has 0 spiro atoms. The molecular weight excluding hydrogens is 222 g/mol. The summed E-state index contributed by atoms with van der Waals surface area (Å²) in [5, 5.41) is 0. The van der Waals surface area contributed by atoms with Gasteiger partial charge in [-0.05, 0) is 13.3 Å². The molecule has 0 fully saturated rings. The number of nitrogen functional groups attached to an aromatic ring is 1. The largest absolute Gasteiger partial charge is 0.369 e. The number of aromatic amines is 1. The maximum absolute atomic E-state index is 11.5. The molecule has 7 heteroatoms. The predicted octanol–water partition coefficient (Wildman–Crippen LogP) is 0.474. The molecule has 0 unspecified atom stereocenters. The number of ether oxygens (including phenoxy) is 1. The number of anilines is 1. The van der Waals surface area contributed by atoms with E-state index in [1.165, 1.54) is 6.33 Å². The first-order valence-electron chi connectivity index (χ1n) is 5.44. The number of H-pyrrole nitrogens is 1. The van der Waals surface area contributed by atoms with Crippen molar-refractivity contribution in [2.75, 3.05) is 5.73 Å². The summed E-state index contributed by atoms with van der Waals surface area (Å²) in [6.45, 7) is 4.33. The SMILES string of the molecule is CC[C@@H](C)OCn1cnc2c(=O)[nH]c(N)nc21. The molecule has 0 aliphatic carbocycles. The van der Waals surface area contributed by atoms with Crippen LogP contribution in [0, 0.1) is 0 Å². The average molecular weight is 237 g/mol. The van der Waals surface area contributed by atoms with Crippen molar-refractivity contribution in [2.24, 2.45) is 0 Å². The number of nitrogens with zero attached hydrogens (tertiary/aromatic N) is 3. The number of aromatic nitrogens is 4. The number of imidazole rings is 1. The summed E-state index contributed by atoms with van der Waals surface area (Å²) in [6.07, 6.45) is 2.59. The van der Waals surface area contributed by atoms with Crippen LogP contribution >= 0.6 is 0 Å². The summed E-state index contributed by atoms with van der Waals surface area (Å²) in [5.41, 5.74) is 5.86. The molecule has 0 aliphatic heterocycles. The Hall–Kier alpha value is -1.89. The van der Waals surface area contributed by atoms with Crippen molar-refractivity contribution in [2.45, 2.75) is 33.1 Å². The number of nitrogens with one attached hydrogen (secondary N) is 1. The Labute approximate surface area is 97.6 Å². The lowest BCUT2D eigenvalue weighted by Gasteiger charge is -2.11. The first-order valence-corrected chi connectivity index (χ1v) is 5.44. The van der Waals surface area contributed by atoms with Crippen molar-refractivity contribution in [3.63, 3.8) is 0 Å². The highest BCUT2D eigenvalue weighted by atomic mass is 16.5. The van der Waals surface area contributed by atoms with Crippen LogP contribution < -0.4 is 11.3 Å². The van der Waals surface area contributed by atoms with Gasteiger partial charge in [0.2, 0.25) is 5.95 Å². The van der Waals surface area contributed by atoms with E-state index in [4.69, 9.17) is 10.5 Å². The summed E-state index contributed by atoms with van der Waals surface area (Å²) in [4.78, 5) is 21.9. The van der Waals surface area contributed by atoms with Gasteiger partial charge in [-0.3, -0.25) is 14.3 Å². The van der Waals surface area contributed by atoms with Crippen molar-refractivity contribution in [3.8, 4) is 0 Å². The third kappa shape index (κ3) is 2.28. The second-order valence-corrected chi connectivity index (χ2v) is 3.85. The van der Waals surface area contributed by atoms with E-state index >= 15 is 0 Å². The van der Waals surface area contributed by atoms with Crippen molar-refractivity contribution < 1.29 is 4.74 Å². The second-order valence-electron chi connectivity index (χ2n) is 3.85. The lowest BCUT2D eigenvalue weighted by Crippen LogP contribution is -2.14. The van der Waals surface area contributed by atoms with Gasteiger partial charge in [-0.15, -0.1) is 0 Å². The van der Waals surface area contributed by atoms with E-state index in [-0.39, 0.29) is 23.1 Å². The molecular formula is C10H15N5O2. The third-order valence-electron chi connectivity index (χ3n) is 2.57. The van der Waals surface area contributed by atoms with E-state index in [0.29, 0.717) is 12.4 Å². The number of hydrogen-bond donors (Lipinski definition) is 2. The molecule has 2 aromatic rings. The van der Waals surface area contributed by atoms with Gasteiger partial charge in [0.05, 0.1) is 12.4 Å². The molecule has 92 valence electrons. The van der Waals surface area contributed by atoms with Gasteiger partial charge in [0, 0.05) is 0 Å². The zero-order valence-electron chi connectivity index (χ0n) is 9.80. The van der Waals surface area contributed by atoms with Crippen LogP contribution in [0.4, 0.5) is 5.95 Å². The summed E-state index contributed by atoms with van der Waals surface area (Å²) in [5.74, 6) is 0.0767. The van der Waals surface area contributed by atoms with Crippen molar-refractivity contribution >= 4 is 17.1 Å². The molecule has 0 radical (unpaired) electrons. The minimum atomic E-state index is -0.338. The summed E-state index contributed by atoms with van der Waals surface area (Å²) in [7, 11) is 0. The highest BCUT2D eigenvalue weighted by Gasteiger charge is 2.09. The Morgan fingerprint density at radius 1 is 1.65 bits per heavy atom. The van der Waals surface area contributed by atoms with E-state index in [1.807, 2.05) is 13.8 Å². The third-order valence-corrected chi connectivity index (χ3v) is 2.57. The Kier molecular flexibility index (Phi) is 3.10. The van der Waals surface area contributed by atoms with Gasteiger partial charge in [-0.25, -0.2) is 4.98 Å². The first kappa shape index (κ1) is 11.6. The van der Waals surface area contributed by atoms with E-state index in [0.717, 1.165) is 6.42 Å². The average Bonchev–Trinajstić information content (AvgIpc) is 2.69. The summed E-state index contributed by atoms with van der Waals surface area (Å²) < 4.78 is 7.21. The van der Waals surface area contributed by atoms with E-state index in [9.17, 15) is 4.79 Å². The van der Waals surface area contributed by atoms with E-state index in [1.54, 1.807) is 4.57 Å².